The van der Waals surface area contributed by atoms with Gasteiger partial charge in [-0.1, -0.05) is 12.2 Å². The summed E-state index contributed by atoms with van der Waals surface area (Å²) in [5, 5.41) is 7.11. The Bertz CT molecular complexity index is 467. The SMILES string of the molecule is CCOc1ccc2c(c1)C=CC1(CCNCC1)N2.Cl. The van der Waals surface area contributed by atoms with Gasteiger partial charge >= 0.3 is 0 Å². The molecule has 0 bridgehead atoms. The number of anilines is 1. The van der Waals surface area contributed by atoms with Crippen molar-refractivity contribution in [2.24, 2.45) is 0 Å². The lowest BCUT2D eigenvalue weighted by Crippen LogP contribution is -2.47. The second-order valence-electron chi connectivity index (χ2n) is 5.05. The topological polar surface area (TPSA) is 33.3 Å². The fraction of sp³-hybridized carbons (Fsp3) is 0.467. The third-order valence-electron chi connectivity index (χ3n) is 3.80. The number of benzene rings is 1. The normalized spacial score (nSPS) is 19.2. The third-order valence-corrected chi connectivity index (χ3v) is 3.80. The van der Waals surface area contributed by atoms with Crippen molar-refractivity contribution in [3.8, 4) is 5.75 Å². The van der Waals surface area contributed by atoms with E-state index in [1.165, 1.54) is 11.3 Å². The first-order valence-electron chi connectivity index (χ1n) is 6.76. The van der Waals surface area contributed by atoms with Crippen LogP contribution in [0.3, 0.4) is 0 Å². The number of halogens is 1. The first-order chi connectivity index (χ1) is 8.81. The lowest BCUT2D eigenvalue weighted by Gasteiger charge is -2.39. The van der Waals surface area contributed by atoms with E-state index < -0.39 is 0 Å². The first kappa shape index (κ1) is 14.2. The van der Waals surface area contributed by atoms with Crippen LogP contribution in [0.2, 0.25) is 0 Å². The number of nitrogens with one attached hydrogen (secondary N) is 2. The summed E-state index contributed by atoms with van der Waals surface area (Å²) in [6.07, 6.45) is 6.86. The summed E-state index contributed by atoms with van der Waals surface area (Å²) in [7, 11) is 0. The van der Waals surface area contributed by atoms with Gasteiger partial charge in [0.15, 0.2) is 0 Å². The lowest BCUT2D eigenvalue weighted by molar-refractivity contribution is 0.340. The molecule has 2 aliphatic rings. The summed E-state index contributed by atoms with van der Waals surface area (Å²) < 4.78 is 5.54. The zero-order valence-corrected chi connectivity index (χ0v) is 12.1. The van der Waals surface area contributed by atoms with E-state index in [4.69, 9.17) is 4.74 Å². The molecule has 1 aromatic rings. The predicted octanol–water partition coefficient (Wildman–Crippen LogP) is 3.07. The molecule has 19 heavy (non-hydrogen) atoms. The zero-order chi connectivity index (χ0) is 12.4. The maximum Gasteiger partial charge on any atom is 0.120 e. The van der Waals surface area contributed by atoms with Crippen molar-refractivity contribution in [3.05, 3.63) is 29.8 Å². The molecule has 2 aliphatic heterocycles. The summed E-state index contributed by atoms with van der Waals surface area (Å²) in [5.74, 6) is 0.948. The summed E-state index contributed by atoms with van der Waals surface area (Å²) >= 11 is 0. The average molecular weight is 281 g/mol. The largest absolute Gasteiger partial charge is 0.494 e. The van der Waals surface area contributed by atoms with Crippen LogP contribution in [0.25, 0.3) is 6.08 Å². The van der Waals surface area contributed by atoms with Crippen LogP contribution in [0.5, 0.6) is 5.75 Å². The second kappa shape index (κ2) is 5.85. The Balaban J connectivity index is 0.00000133. The molecule has 0 aliphatic carbocycles. The number of piperidine rings is 1. The monoisotopic (exact) mass is 280 g/mol. The highest BCUT2D eigenvalue weighted by atomic mass is 35.5. The molecule has 104 valence electrons. The molecule has 3 rings (SSSR count). The Morgan fingerprint density at radius 1 is 1.26 bits per heavy atom. The molecule has 1 fully saturated rings. The van der Waals surface area contributed by atoms with Crippen LogP contribution in [0.4, 0.5) is 5.69 Å². The van der Waals surface area contributed by atoms with E-state index in [1.54, 1.807) is 0 Å². The fourth-order valence-electron chi connectivity index (χ4n) is 2.77. The number of ether oxygens (including phenoxy) is 1. The van der Waals surface area contributed by atoms with Crippen LogP contribution < -0.4 is 15.4 Å². The van der Waals surface area contributed by atoms with Gasteiger partial charge < -0.3 is 15.4 Å². The van der Waals surface area contributed by atoms with E-state index in [2.05, 4.69) is 34.9 Å². The van der Waals surface area contributed by atoms with Gasteiger partial charge in [-0.3, -0.25) is 0 Å². The molecule has 0 saturated carbocycles. The minimum absolute atomic E-state index is 0. The lowest BCUT2D eigenvalue weighted by atomic mass is 9.84. The van der Waals surface area contributed by atoms with Crippen LogP contribution in [0.15, 0.2) is 24.3 Å². The maximum atomic E-state index is 5.54. The molecular weight excluding hydrogens is 260 g/mol. The van der Waals surface area contributed by atoms with Gasteiger partial charge in [0.25, 0.3) is 0 Å². The van der Waals surface area contributed by atoms with Gasteiger partial charge in [0, 0.05) is 11.3 Å². The Morgan fingerprint density at radius 3 is 2.79 bits per heavy atom. The maximum absolute atomic E-state index is 5.54. The van der Waals surface area contributed by atoms with E-state index >= 15 is 0 Å². The van der Waals surface area contributed by atoms with E-state index in [9.17, 15) is 0 Å². The Morgan fingerprint density at radius 2 is 2.05 bits per heavy atom. The highest BCUT2D eigenvalue weighted by Gasteiger charge is 2.31. The van der Waals surface area contributed by atoms with E-state index in [1.807, 2.05) is 13.0 Å². The van der Waals surface area contributed by atoms with Gasteiger partial charge in [0.2, 0.25) is 0 Å². The predicted molar refractivity (Wildman–Crippen MR) is 82.4 cm³/mol. The molecule has 1 spiro atoms. The highest BCUT2D eigenvalue weighted by molar-refractivity contribution is 5.85. The molecule has 0 atom stereocenters. The van der Waals surface area contributed by atoms with Crippen molar-refractivity contribution in [1.82, 2.24) is 5.32 Å². The molecule has 1 aromatic carbocycles. The Kier molecular flexibility index (Phi) is 4.38. The molecule has 0 radical (unpaired) electrons. The smallest absolute Gasteiger partial charge is 0.120 e. The van der Waals surface area contributed by atoms with E-state index in [0.717, 1.165) is 31.7 Å². The summed E-state index contributed by atoms with van der Waals surface area (Å²) in [6.45, 7) is 4.90. The van der Waals surface area contributed by atoms with Crippen molar-refractivity contribution in [3.63, 3.8) is 0 Å². The number of hydrogen-bond donors (Lipinski definition) is 2. The molecule has 0 aromatic heterocycles. The van der Waals surface area contributed by atoms with Crippen LogP contribution in [0.1, 0.15) is 25.3 Å². The quantitative estimate of drug-likeness (QED) is 0.873. The molecule has 1 saturated heterocycles. The van der Waals surface area contributed by atoms with E-state index in [0.29, 0.717) is 6.61 Å². The highest BCUT2D eigenvalue weighted by Crippen LogP contribution is 2.35. The summed E-state index contributed by atoms with van der Waals surface area (Å²) in [5.41, 5.74) is 2.61. The first-order valence-corrected chi connectivity index (χ1v) is 6.76. The van der Waals surface area contributed by atoms with Crippen molar-refractivity contribution in [2.45, 2.75) is 25.3 Å². The summed E-state index contributed by atoms with van der Waals surface area (Å²) in [6, 6.07) is 6.28. The van der Waals surface area contributed by atoms with Gasteiger partial charge in [-0.15, -0.1) is 12.4 Å². The van der Waals surface area contributed by atoms with Crippen molar-refractivity contribution in [2.75, 3.05) is 25.0 Å². The van der Waals surface area contributed by atoms with Crippen molar-refractivity contribution in [1.29, 1.82) is 0 Å². The molecule has 4 heteroatoms. The fourth-order valence-corrected chi connectivity index (χ4v) is 2.77. The standard InChI is InChI=1S/C15H20N2O.ClH/c1-2-18-13-3-4-14-12(11-13)5-6-15(17-14)7-9-16-10-8-15;/h3-6,11,16-17H,2,7-10H2,1H3;1H. The second-order valence-corrected chi connectivity index (χ2v) is 5.05. The minimum Gasteiger partial charge on any atom is -0.494 e. The summed E-state index contributed by atoms with van der Waals surface area (Å²) in [4.78, 5) is 0. The van der Waals surface area contributed by atoms with Gasteiger partial charge in [0.1, 0.15) is 5.75 Å². The molecule has 3 nitrogen and oxygen atoms in total. The van der Waals surface area contributed by atoms with Gasteiger partial charge in [-0.25, -0.2) is 0 Å². The Labute approximate surface area is 120 Å². The van der Waals surface area contributed by atoms with E-state index in [-0.39, 0.29) is 17.9 Å². The van der Waals surface area contributed by atoms with Crippen molar-refractivity contribution >= 4 is 24.2 Å². The number of hydrogen-bond acceptors (Lipinski definition) is 3. The Hall–Kier alpha value is -1.19. The van der Waals surface area contributed by atoms with Crippen LogP contribution in [-0.2, 0) is 0 Å². The molecule has 2 N–H and O–H groups in total. The molecule has 2 heterocycles. The molecular formula is C15H21ClN2O. The van der Waals surface area contributed by atoms with Crippen LogP contribution in [-0.4, -0.2) is 25.2 Å². The van der Waals surface area contributed by atoms with Crippen LogP contribution >= 0.6 is 12.4 Å². The van der Waals surface area contributed by atoms with Gasteiger partial charge in [-0.2, -0.15) is 0 Å². The molecule has 0 unspecified atom stereocenters. The number of rotatable bonds is 2. The van der Waals surface area contributed by atoms with Crippen molar-refractivity contribution < 1.29 is 4.74 Å². The van der Waals surface area contributed by atoms with Gasteiger partial charge in [-0.05, 0) is 51.1 Å². The molecule has 0 amide bonds. The minimum atomic E-state index is 0. The zero-order valence-electron chi connectivity index (χ0n) is 11.2. The number of fused-ring (bicyclic) bond motifs is 1. The average Bonchev–Trinajstić information content (AvgIpc) is 2.40. The van der Waals surface area contributed by atoms with Crippen LogP contribution in [0, 0.1) is 0 Å². The third kappa shape index (κ3) is 2.88. The van der Waals surface area contributed by atoms with Gasteiger partial charge in [0.05, 0.1) is 12.1 Å².